The highest BCUT2D eigenvalue weighted by molar-refractivity contribution is 7.89. The number of carboxylic acids is 1. The lowest BCUT2D eigenvalue weighted by molar-refractivity contribution is -0.157. The van der Waals surface area contributed by atoms with Crippen LogP contribution in [0.3, 0.4) is 0 Å². The zero-order chi connectivity index (χ0) is 15.8. The topological polar surface area (TPSA) is 83.9 Å². The van der Waals surface area contributed by atoms with Crippen molar-refractivity contribution in [1.82, 2.24) is 4.31 Å². The van der Waals surface area contributed by atoms with Crippen LogP contribution in [0.25, 0.3) is 0 Å². The van der Waals surface area contributed by atoms with Gasteiger partial charge >= 0.3 is 5.97 Å². The summed E-state index contributed by atoms with van der Waals surface area (Å²) in [5.74, 6) is -1.60. The van der Waals surface area contributed by atoms with Crippen LogP contribution in [-0.4, -0.2) is 49.1 Å². The number of hydrogen-bond donors (Lipinski definition) is 1. The SMILES string of the molecule is Cc1cc(F)ccc1S(=O)(=O)N1CC(C)(OCC(=O)O)C1. The first-order valence-corrected chi connectivity index (χ1v) is 7.70. The van der Waals surface area contributed by atoms with Gasteiger partial charge in [-0.3, -0.25) is 0 Å². The number of hydrogen-bond acceptors (Lipinski definition) is 4. The fraction of sp³-hybridized carbons (Fsp3) is 0.462. The van der Waals surface area contributed by atoms with Crippen molar-refractivity contribution in [1.29, 1.82) is 0 Å². The third kappa shape index (κ3) is 3.22. The van der Waals surface area contributed by atoms with Crippen LogP contribution in [0.1, 0.15) is 12.5 Å². The van der Waals surface area contributed by atoms with E-state index < -0.39 is 34.0 Å². The maximum absolute atomic E-state index is 13.0. The van der Waals surface area contributed by atoms with Gasteiger partial charge in [0.1, 0.15) is 12.4 Å². The molecule has 0 saturated carbocycles. The lowest BCUT2D eigenvalue weighted by Gasteiger charge is -2.46. The molecule has 1 fully saturated rings. The number of nitrogens with zero attached hydrogens (tertiary/aromatic N) is 1. The molecule has 21 heavy (non-hydrogen) atoms. The van der Waals surface area contributed by atoms with Crippen molar-refractivity contribution in [3.8, 4) is 0 Å². The highest BCUT2D eigenvalue weighted by atomic mass is 32.2. The number of carbonyl (C=O) groups is 1. The predicted octanol–water partition coefficient (Wildman–Crippen LogP) is 0.998. The van der Waals surface area contributed by atoms with Gasteiger partial charge in [0.25, 0.3) is 0 Å². The summed E-state index contributed by atoms with van der Waals surface area (Å²) < 4.78 is 44.2. The molecule has 1 aromatic carbocycles. The number of sulfonamides is 1. The molecule has 0 spiro atoms. The van der Waals surface area contributed by atoms with Crippen molar-refractivity contribution in [2.75, 3.05) is 19.7 Å². The van der Waals surface area contributed by atoms with E-state index in [2.05, 4.69) is 0 Å². The molecule has 0 unspecified atom stereocenters. The maximum atomic E-state index is 13.0. The Morgan fingerprint density at radius 1 is 1.48 bits per heavy atom. The highest BCUT2D eigenvalue weighted by Crippen LogP contribution is 2.31. The number of aryl methyl sites for hydroxylation is 1. The van der Waals surface area contributed by atoms with Crippen molar-refractivity contribution in [3.63, 3.8) is 0 Å². The zero-order valence-corrected chi connectivity index (χ0v) is 12.5. The average molecular weight is 317 g/mol. The third-order valence-electron chi connectivity index (χ3n) is 3.32. The Morgan fingerprint density at radius 3 is 2.62 bits per heavy atom. The quantitative estimate of drug-likeness (QED) is 0.876. The molecule has 1 aliphatic rings. The Morgan fingerprint density at radius 2 is 2.10 bits per heavy atom. The van der Waals surface area contributed by atoms with E-state index in [9.17, 15) is 17.6 Å². The second-order valence-corrected chi connectivity index (χ2v) is 7.22. The Balaban J connectivity index is 2.11. The van der Waals surface area contributed by atoms with Crippen molar-refractivity contribution >= 4 is 16.0 Å². The lowest BCUT2D eigenvalue weighted by atomic mass is 10.0. The first-order chi connectivity index (χ1) is 9.64. The van der Waals surface area contributed by atoms with Crippen LogP contribution < -0.4 is 0 Å². The summed E-state index contributed by atoms with van der Waals surface area (Å²) in [7, 11) is -3.72. The predicted molar refractivity (Wildman–Crippen MR) is 71.9 cm³/mol. The molecule has 0 radical (unpaired) electrons. The Bertz CT molecular complexity index is 667. The summed E-state index contributed by atoms with van der Waals surface area (Å²) in [5.41, 5.74) is -0.477. The summed E-state index contributed by atoms with van der Waals surface area (Å²) >= 11 is 0. The molecule has 116 valence electrons. The van der Waals surface area contributed by atoms with E-state index in [1.807, 2.05) is 0 Å². The zero-order valence-electron chi connectivity index (χ0n) is 11.7. The first-order valence-electron chi connectivity index (χ1n) is 6.26. The Hall–Kier alpha value is -1.51. The highest BCUT2D eigenvalue weighted by Gasteiger charge is 2.46. The van der Waals surface area contributed by atoms with Gasteiger partial charge in [-0.05, 0) is 37.6 Å². The van der Waals surface area contributed by atoms with Gasteiger partial charge in [-0.25, -0.2) is 17.6 Å². The average Bonchev–Trinajstić information content (AvgIpc) is 2.32. The minimum absolute atomic E-state index is 0.0455. The number of benzene rings is 1. The molecule has 0 atom stereocenters. The molecular formula is C13H16FNO5S. The summed E-state index contributed by atoms with van der Waals surface area (Å²) in [5, 5.41) is 8.57. The standard InChI is InChI=1S/C13H16FNO5S/c1-9-5-10(14)3-4-11(9)21(18,19)15-7-13(2,8-15)20-6-12(16)17/h3-5H,6-8H2,1-2H3,(H,16,17). The lowest BCUT2D eigenvalue weighted by Crippen LogP contribution is -2.63. The summed E-state index contributed by atoms with van der Waals surface area (Å²) in [4.78, 5) is 10.5. The summed E-state index contributed by atoms with van der Waals surface area (Å²) in [6.45, 7) is 2.84. The molecule has 0 bridgehead atoms. The second-order valence-electron chi connectivity index (χ2n) is 5.32. The molecule has 0 aliphatic carbocycles. The number of halogens is 1. The number of aliphatic carboxylic acids is 1. The Kier molecular flexibility index (Phi) is 4.05. The summed E-state index contributed by atoms with van der Waals surface area (Å²) in [6.07, 6.45) is 0. The van der Waals surface area contributed by atoms with E-state index in [1.165, 1.54) is 17.3 Å². The monoisotopic (exact) mass is 317 g/mol. The smallest absolute Gasteiger partial charge is 0.329 e. The van der Waals surface area contributed by atoms with Gasteiger partial charge in [0.05, 0.1) is 10.5 Å². The molecular weight excluding hydrogens is 301 g/mol. The molecule has 1 heterocycles. The van der Waals surface area contributed by atoms with E-state index in [1.54, 1.807) is 6.92 Å². The second kappa shape index (κ2) is 5.36. The van der Waals surface area contributed by atoms with Crippen LogP contribution in [0.5, 0.6) is 0 Å². The van der Waals surface area contributed by atoms with Crippen LogP contribution in [0.4, 0.5) is 4.39 Å². The van der Waals surface area contributed by atoms with Crippen molar-refractivity contribution in [2.45, 2.75) is 24.3 Å². The van der Waals surface area contributed by atoms with Gasteiger partial charge in [0.2, 0.25) is 10.0 Å². The molecule has 0 aromatic heterocycles. The molecule has 0 amide bonds. The molecule has 1 N–H and O–H groups in total. The van der Waals surface area contributed by atoms with Gasteiger partial charge in [-0.15, -0.1) is 0 Å². The Labute approximate surface area is 122 Å². The van der Waals surface area contributed by atoms with Crippen LogP contribution in [0.2, 0.25) is 0 Å². The molecule has 2 rings (SSSR count). The van der Waals surface area contributed by atoms with Crippen LogP contribution >= 0.6 is 0 Å². The fourth-order valence-corrected chi connectivity index (χ4v) is 4.11. The van der Waals surface area contributed by atoms with Crippen LogP contribution in [0, 0.1) is 12.7 Å². The minimum Gasteiger partial charge on any atom is -0.480 e. The number of carboxylic acid groups (broad SMARTS) is 1. The molecule has 1 aliphatic heterocycles. The van der Waals surface area contributed by atoms with E-state index >= 15 is 0 Å². The molecule has 1 aromatic rings. The van der Waals surface area contributed by atoms with Gasteiger partial charge in [-0.1, -0.05) is 0 Å². The minimum atomic E-state index is -3.72. The van der Waals surface area contributed by atoms with Crippen molar-refractivity contribution < 1.29 is 27.4 Å². The van der Waals surface area contributed by atoms with Crippen molar-refractivity contribution in [2.24, 2.45) is 0 Å². The van der Waals surface area contributed by atoms with E-state index in [4.69, 9.17) is 9.84 Å². The number of ether oxygens (including phenoxy) is 1. The van der Waals surface area contributed by atoms with Gasteiger partial charge < -0.3 is 9.84 Å². The van der Waals surface area contributed by atoms with Crippen LogP contribution in [-0.2, 0) is 19.6 Å². The molecule has 8 heteroatoms. The van der Waals surface area contributed by atoms with Gasteiger partial charge in [0.15, 0.2) is 0 Å². The van der Waals surface area contributed by atoms with Gasteiger partial charge in [-0.2, -0.15) is 4.31 Å². The number of rotatable bonds is 5. The third-order valence-corrected chi connectivity index (χ3v) is 5.27. The largest absolute Gasteiger partial charge is 0.480 e. The summed E-state index contributed by atoms with van der Waals surface area (Å²) in [6, 6.07) is 3.49. The molecule has 6 nitrogen and oxygen atoms in total. The normalized spacial score (nSPS) is 18.2. The van der Waals surface area contributed by atoms with Crippen molar-refractivity contribution in [3.05, 3.63) is 29.6 Å². The maximum Gasteiger partial charge on any atom is 0.329 e. The van der Waals surface area contributed by atoms with E-state index in [-0.39, 0.29) is 18.0 Å². The van der Waals surface area contributed by atoms with E-state index in [0.717, 1.165) is 12.1 Å². The first kappa shape index (κ1) is 15.9. The van der Waals surface area contributed by atoms with E-state index in [0.29, 0.717) is 5.56 Å². The van der Waals surface area contributed by atoms with Crippen LogP contribution in [0.15, 0.2) is 23.1 Å². The molecule has 1 saturated heterocycles. The fourth-order valence-electron chi connectivity index (χ4n) is 2.24. The van der Waals surface area contributed by atoms with Gasteiger partial charge in [0, 0.05) is 13.1 Å².